The van der Waals surface area contributed by atoms with Crippen LogP contribution >= 0.6 is 11.8 Å². The Labute approximate surface area is 201 Å². The van der Waals surface area contributed by atoms with Gasteiger partial charge in [0.05, 0.1) is 0 Å². The Balaban J connectivity index is 1.80. The van der Waals surface area contributed by atoms with Gasteiger partial charge in [-0.2, -0.15) is 0 Å². The van der Waals surface area contributed by atoms with Crippen molar-refractivity contribution < 1.29 is 9.59 Å². The van der Waals surface area contributed by atoms with Gasteiger partial charge in [0.1, 0.15) is 6.04 Å². The van der Waals surface area contributed by atoms with Gasteiger partial charge in [-0.1, -0.05) is 85.8 Å². The first-order valence-corrected chi connectivity index (χ1v) is 12.5. The highest BCUT2D eigenvalue weighted by atomic mass is 32.2. The fraction of sp³-hybridized carbons (Fsp3) is 0.286. The Morgan fingerprint density at radius 3 is 2.03 bits per heavy atom. The summed E-state index contributed by atoms with van der Waals surface area (Å²) < 4.78 is 0. The van der Waals surface area contributed by atoms with E-state index in [1.165, 1.54) is 0 Å². The van der Waals surface area contributed by atoms with Crippen molar-refractivity contribution in [3.8, 4) is 0 Å². The normalized spacial score (nSPS) is 11.5. The molecule has 0 saturated carbocycles. The number of nitrogens with zero attached hydrogens (tertiary/aromatic N) is 1. The molecular formula is C28H32N2O2S. The van der Waals surface area contributed by atoms with Crippen molar-refractivity contribution in [3.05, 3.63) is 102 Å². The Bertz CT molecular complexity index is 981. The van der Waals surface area contributed by atoms with Crippen molar-refractivity contribution in [2.75, 3.05) is 12.3 Å². The summed E-state index contributed by atoms with van der Waals surface area (Å²) in [4.78, 5) is 29.6. The molecule has 33 heavy (non-hydrogen) atoms. The lowest BCUT2D eigenvalue weighted by atomic mass is 10.0. The molecule has 1 N–H and O–H groups in total. The van der Waals surface area contributed by atoms with E-state index >= 15 is 0 Å². The van der Waals surface area contributed by atoms with E-state index in [4.69, 9.17) is 0 Å². The summed E-state index contributed by atoms with van der Waals surface area (Å²) in [7, 11) is 0. The van der Waals surface area contributed by atoms with Gasteiger partial charge in [-0.05, 0) is 29.7 Å². The average molecular weight is 461 g/mol. The first-order valence-electron chi connectivity index (χ1n) is 11.5. The minimum Gasteiger partial charge on any atom is -0.354 e. The summed E-state index contributed by atoms with van der Waals surface area (Å²) in [6.45, 7) is 3.04. The van der Waals surface area contributed by atoms with E-state index in [-0.39, 0.29) is 11.8 Å². The minimum absolute atomic E-state index is 0.00476. The van der Waals surface area contributed by atoms with Gasteiger partial charge in [0.25, 0.3) is 0 Å². The van der Waals surface area contributed by atoms with Crippen molar-refractivity contribution in [2.45, 2.75) is 43.7 Å². The predicted molar refractivity (Wildman–Crippen MR) is 136 cm³/mol. The number of nitrogens with one attached hydrogen (secondary N) is 1. The van der Waals surface area contributed by atoms with Crippen molar-refractivity contribution in [1.29, 1.82) is 0 Å². The first kappa shape index (κ1) is 24.6. The lowest BCUT2D eigenvalue weighted by Crippen LogP contribution is -2.50. The van der Waals surface area contributed by atoms with Crippen LogP contribution < -0.4 is 5.32 Å². The maximum Gasteiger partial charge on any atom is 0.243 e. The summed E-state index contributed by atoms with van der Waals surface area (Å²) in [5.41, 5.74) is 2.06. The monoisotopic (exact) mass is 460 g/mol. The molecular weight excluding hydrogens is 428 g/mol. The Morgan fingerprint density at radius 1 is 0.848 bits per heavy atom. The molecule has 3 aromatic rings. The second-order valence-electron chi connectivity index (χ2n) is 7.92. The Kier molecular flexibility index (Phi) is 10.0. The second-order valence-corrected chi connectivity index (χ2v) is 9.08. The molecule has 2 amide bonds. The molecule has 0 fully saturated rings. The third-order valence-electron chi connectivity index (χ3n) is 5.34. The van der Waals surface area contributed by atoms with E-state index in [1.54, 1.807) is 16.7 Å². The molecule has 1 atom stereocenters. The standard InChI is InChI=1S/C28H32N2O2S/c1-2-19-29-28(32)26(21-23-12-6-3-7-13-23)30(22-24-14-8-4-9-15-24)27(31)18-20-33-25-16-10-5-11-17-25/h3-17,26H,2,18-22H2,1H3,(H,29,32)/t26-/m0/s1. The van der Waals surface area contributed by atoms with Crippen LogP contribution in [0.5, 0.6) is 0 Å². The smallest absolute Gasteiger partial charge is 0.243 e. The molecule has 0 saturated heterocycles. The van der Waals surface area contributed by atoms with Crippen LogP contribution in [0, 0.1) is 0 Å². The van der Waals surface area contributed by atoms with Crippen molar-refractivity contribution in [1.82, 2.24) is 10.2 Å². The minimum atomic E-state index is -0.562. The average Bonchev–Trinajstić information content (AvgIpc) is 2.86. The first-order chi connectivity index (χ1) is 16.2. The number of thioether (sulfide) groups is 1. The van der Waals surface area contributed by atoms with Gasteiger partial charge in [-0.25, -0.2) is 0 Å². The highest BCUT2D eigenvalue weighted by Crippen LogP contribution is 2.20. The summed E-state index contributed by atoms with van der Waals surface area (Å²) in [6, 6.07) is 29.3. The van der Waals surface area contributed by atoms with Crippen LogP contribution in [0.4, 0.5) is 0 Å². The van der Waals surface area contributed by atoms with Gasteiger partial charge in [-0.15, -0.1) is 11.8 Å². The van der Waals surface area contributed by atoms with Gasteiger partial charge in [0, 0.05) is 36.6 Å². The zero-order chi connectivity index (χ0) is 23.3. The number of benzene rings is 3. The molecule has 0 aliphatic heterocycles. The SMILES string of the molecule is CCCNC(=O)[C@H](Cc1ccccc1)N(Cc1ccccc1)C(=O)CCSc1ccccc1. The van der Waals surface area contributed by atoms with Crippen LogP contribution in [0.3, 0.4) is 0 Å². The van der Waals surface area contributed by atoms with Crippen LogP contribution in [-0.2, 0) is 22.6 Å². The molecule has 4 nitrogen and oxygen atoms in total. The second kappa shape index (κ2) is 13.5. The Morgan fingerprint density at radius 2 is 1.42 bits per heavy atom. The molecule has 3 rings (SSSR count). The number of hydrogen-bond donors (Lipinski definition) is 1. The van der Waals surface area contributed by atoms with Crippen molar-refractivity contribution >= 4 is 23.6 Å². The molecule has 0 radical (unpaired) electrons. The lowest BCUT2D eigenvalue weighted by Gasteiger charge is -2.31. The zero-order valence-corrected chi connectivity index (χ0v) is 20.0. The van der Waals surface area contributed by atoms with Crippen LogP contribution in [0.25, 0.3) is 0 Å². The van der Waals surface area contributed by atoms with E-state index in [1.807, 2.05) is 97.9 Å². The van der Waals surface area contributed by atoms with Crippen LogP contribution in [-0.4, -0.2) is 35.1 Å². The quantitative estimate of drug-likeness (QED) is 0.372. The highest BCUT2D eigenvalue weighted by Gasteiger charge is 2.29. The molecule has 172 valence electrons. The van der Waals surface area contributed by atoms with Gasteiger partial charge in [0.2, 0.25) is 11.8 Å². The van der Waals surface area contributed by atoms with Gasteiger partial charge in [0.15, 0.2) is 0 Å². The van der Waals surface area contributed by atoms with E-state index < -0.39 is 6.04 Å². The third-order valence-corrected chi connectivity index (χ3v) is 6.36. The van der Waals surface area contributed by atoms with Gasteiger partial charge < -0.3 is 10.2 Å². The van der Waals surface area contributed by atoms with E-state index in [0.717, 1.165) is 22.4 Å². The topological polar surface area (TPSA) is 49.4 Å². The summed E-state index contributed by atoms with van der Waals surface area (Å²) in [6.07, 6.45) is 1.71. The number of amides is 2. The van der Waals surface area contributed by atoms with Crippen molar-refractivity contribution in [3.63, 3.8) is 0 Å². The van der Waals surface area contributed by atoms with Crippen LogP contribution in [0.1, 0.15) is 30.9 Å². The maximum atomic E-state index is 13.5. The molecule has 0 aliphatic rings. The highest BCUT2D eigenvalue weighted by molar-refractivity contribution is 7.99. The lowest BCUT2D eigenvalue weighted by molar-refractivity contribution is -0.141. The number of carbonyl (C=O) groups is 2. The third kappa shape index (κ3) is 8.10. The molecule has 0 aliphatic carbocycles. The number of carbonyl (C=O) groups excluding carboxylic acids is 2. The summed E-state index contributed by atoms with van der Waals surface area (Å²) in [5, 5.41) is 3.02. The molecule has 0 bridgehead atoms. The number of rotatable bonds is 12. The maximum absolute atomic E-state index is 13.5. The van der Waals surface area contributed by atoms with Gasteiger partial charge in [-0.3, -0.25) is 9.59 Å². The fourth-order valence-electron chi connectivity index (χ4n) is 3.62. The predicted octanol–water partition coefficient (Wildman–Crippen LogP) is 5.34. The summed E-state index contributed by atoms with van der Waals surface area (Å²) in [5.74, 6) is 0.568. The van der Waals surface area contributed by atoms with Crippen molar-refractivity contribution in [2.24, 2.45) is 0 Å². The fourth-order valence-corrected chi connectivity index (χ4v) is 4.48. The number of hydrogen-bond acceptors (Lipinski definition) is 3. The van der Waals surface area contributed by atoms with E-state index in [9.17, 15) is 9.59 Å². The van der Waals surface area contributed by atoms with Crippen LogP contribution in [0.15, 0.2) is 95.9 Å². The zero-order valence-electron chi connectivity index (χ0n) is 19.2. The van der Waals surface area contributed by atoms with Gasteiger partial charge >= 0.3 is 0 Å². The van der Waals surface area contributed by atoms with E-state index in [0.29, 0.717) is 31.7 Å². The van der Waals surface area contributed by atoms with Crippen LogP contribution in [0.2, 0.25) is 0 Å². The molecule has 0 heterocycles. The van der Waals surface area contributed by atoms with E-state index in [2.05, 4.69) is 5.32 Å². The Hall–Kier alpha value is -3.05. The largest absolute Gasteiger partial charge is 0.354 e. The molecule has 0 aromatic heterocycles. The molecule has 3 aromatic carbocycles. The molecule has 0 spiro atoms. The summed E-state index contributed by atoms with van der Waals surface area (Å²) >= 11 is 1.66. The molecule has 5 heteroatoms. The molecule has 0 unspecified atom stereocenters.